The molecule has 2 aromatic rings. The van der Waals surface area contributed by atoms with Crippen LogP contribution in [-0.4, -0.2) is 17.9 Å². The third-order valence-corrected chi connectivity index (χ3v) is 4.55. The topological polar surface area (TPSA) is 58.2 Å². The number of nitrogens with one attached hydrogen (secondary N) is 2. The molecule has 2 aromatic carbocycles. The van der Waals surface area contributed by atoms with E-state index in [0.717, 1.165) is 11.1 Å². The summed E-state index contributed by atoms with van der Waals surface area (Å²) in [5.41, 5.74) is 2.44. The molecule has 0 saturated carbocycles. The number of aryl methyl sites for hydroxylation is 1. The summed E-state index contributed by atoms with van der Waals surface area (Å²) >= 11 is 11.9. The van der Waals surface area contributed by atoms with E-state index in [2.05, 4.69) is 10.6 Å². The van der Waals surface area contributed by atoms with Crippen molar-refractivity contribution < 1.29 is 9.59 Å². The minimum atomic E-state index is -0.667. The molecule has 4 nitrogen and oxygen atoms in total. The van der Waals surface area contributed by atoms with Gasteiger partial charge in [-0.1, -0.05) is 66.9 Å². The van der Waals surface area contributed by atoms with Crippen molar-refractivity contribution in [3.8, 4) is 0 Å². The predicted octanol–water partition coefficient (Wildman–Crippen LogP) is 4.37. The monoisotopic (exact) mass is 392 g/mol. The van der Waals surface area contributed by atoms with Gasteiger partial charge in [0.25, 0.3) is 5.91 Å². The Labute approximate surface area is 163 Å². The molecule has 6 heteroatoms. The Kier molecular flexibility index (Phi) is 7.06. The molecule has 2 amide bonds. The Morgan fingerprint density at radius 1 is 1.04 bits per heavy atom. The maximum atomic E-state index is 12.6. The molecule has 0 fully saturated rings. The molecule has 0 spiro atoms. The summed E-state index contributed by atoms with van der Waals surface area (Å²) in [5, 5.41) is 6.33. The number of hydrogen-bond donors (Lipinski definition) is 2. The first-order valence-electron chi connectivity index (χ1n) is 8.37. The number of halogens is 2. The zero-order valence-electron chi connectivity index (χ0n) is 15.0. The predicted molar refractivity (Wildman–Crippen MR) is 106 cm³/mol. The van der Waals surface area contributed by atoms with Crippen LogP contribution >= 0.6 is 23.2 Å². The van der Waals surface area contributed by atoms with Gasteiger partial charge in [-0.15, -0.1) is 0 Å². The summed E-state index contributed by atoms with van der Waals surface area (Å²) in [7, 11) is 0. The summed E-state index contributed by atoms with van der Waals surface area (Å²) in [4.78, 5) is 25.0. The Morgan fingerprint density at radius 3 is 2.27 bits per heavy atom. The molecule has 0 aliphatic heterocycles. The quantitative estimate of drug-likeness (QED) is 0.766. The molecule has 0 aromatic heterocycles. The van der Waals surface area contributed by atoms with Crippen LogP contribution in [0.25, 0.3) is 0 Å². The lowest BCUT2D eigenvalue weighted by molar-refractivity contribution is -0.124. The molecule has 2 rings (SSSR count). The fourth-order valence-corrected chi connectivity index (χ4v) is 2.93. The van der Waals surface area contributed by atoms with E-state index in [9.17, 15) is 9.59 Å². The fraction of sp³-hybridized carbons (Fsp3) is 0.300. The van der Waals surface area contributed by atoms with Crippen LogP contribution in [0.5, 0.6) is 0 Å². The number of carbonyl (C=O) groups excluding carboxylic acids is 2. The number of benzene rings is 2. The van der Waals surface area contributed by atoms with Gasteiger partial charge in [-0.25, -0.2) is 0 Å². The second kappa shape index (κ2) is 9.06. The molecule has 0 unspecified atom stereocenters. The van der Waals surface area contributed by atoms with E-state index in [1.807, 2.05) is 45.0 Å². The lowest BCUT2D eigenvalue weighted by Gasteiger charge is -2.22. The molecular formula is C20H22Cl2N2O2. The van der Waals surface area contributed by atoms with Crippen molar-refractivity contribution >= 4 is 35.0 Å². The Balaban J connectivity index is 2.03. The normalized spacial score (nSPS) is 11.9. The average Bonchev–Trinajstić information content (AvgIpc) is 2.58. The molecule has 2 N–H and O–H groups in total. The van der Waals surface area contributed by atoms with E-state index >= 15 is 0 Å². The second-order valence-corrected chi connectivity index (χ2v) is 7.37. The van der Waals surface area contributed by atoms with Crippen LogP contribution < -0.4 is 10.6 Å². The van der Waals surface area contributed by atoms with Gasteiger partial charge >= 0.3 is 0 Å². The first-order valence-corrected chi connectivity index (χ1v) is 9.12. The van der Waals surface area contributed by atoms with Crippen LogP contribution in [0.1, 0.15) is 35.3 Å². The first kappa shape index (κ1) is 20.3. The molecule has 0 radical (unpaired) electrons. The third kappa shape index (κ3) is 5.48. The highest BCUT2D eigenvalue weighted by molar-refractivity contribution is 6.36. The van der Waals surface area contributed by atoms with Gasteiger partial charge in [0.2, 0.25) is 5.91 Å². The van der Waals surface area contributed by atoms with Crippen molar-refractivity contribution in [3.63, 3.8) is 0 Å². The van der Waals surface area contributed by atoms with E-state index in [-0.39, 0.29) is 22.4 Å². The van der Waals surface area contributed by atoms with Crippen LogP contribution in [0.3, 0.4) is 0 Å². The summed E-state index contributed by atoms with van der Waals surface area (Å²) in [6.07, 6.45) is 0. The van der Waals surface area contributed by atoms with Crippen molar-refractivity contribution in [1.29, 1.82) is 0 Å². The van der Waals surface area contributed by atoms with Crippen LogP contribution in [0.2, 0.25) is 10.0 Å². The van der Waals surface area contributed by atoms with E-state index < -0.39 is 11.9 Å². The first-order chi connectivity index (χ1) is 12.3. The van der Waals surface area contributed by atoms with E-state index in [1.165, 1.54) is 6.07 Å². The molecule has 0 aliphatic carbocycles. The van der Waals surface area contributed by atoms with Crippen molar-refractivity contribution in [3.05, 3.63) is 69.2 Å². The van der Waals surface area contributed by atoms with Crippen LogP contribution in [0.4, 0.5) is 0 Å². The zero-order valence-corrected chi connectivity index (χ0v) is 16.5. The van der Waals surface area contributed by atoms with Crippen LogP contribution in [-0.2, 0) is 11.3 Å². The SMILES string of the molecule is Cc1ccc(CNC(=O)[C@@H](NC(=O)c2ccc(Cl)cc2Cl)C(C)C)cc1. The minimum absolute atomic E-state index is 0.0805. The Hall–Kier alpha value is -2.04. The van der Waals surface area contributed by atoms with Gasteiger partial charge in [-0.05, 0) is 36.6 Å². The highest BCUT2D eigenvalue weighted by Crippen LogP contribution is 2.21. The van der Waals surface area contributed by atoms with E-state index in [1.54, 1.807) is 12.1 Å². The van der Waals surface area contributed by atoms with Crippen molar-refractivity contribution in [2.45, 2.75) is 33.4 Å². The highest BCUT2D eigenvalue weighted by atomic mass is 35.5. The van der Waals surface area contributed by atoms with Gasteiger partial charge in [0, 0.05) is 11.6 Å². The number of hydrogen-bond acceptors (Lipinski definition) is 2. The molecule has 0 saturated heterocycles. The molecule has 1 atom stereocenters. The van der Waals surface area contributed by atoms with Crippen LogP contribution in [0, 0.1) is 12.8 Å². The van der Waals surface area contributed by atoms with Gasteiger partial charge in [0.15, 0.2) is 0 Å². The minimum Gasteiger partial charge on any atom is -0.350 e. The van der Waals surface area contributed by atoms with Gasteiger partial charge in [-0.3, -0.25) is 9.59 Å². The van der Waals surface area contributed by atoms with Gasteiger partial charge < -0.3 is 10.6 Å². The van der Waals surface area contributed by atoms with Gasteiger partial charge in [0.1, 0.15) is 6.04 Å². The van der Waals surface area contributed by atoms with E-state index in [4.69, 9.17) is 23.2 Å². The molecule has 0 aliphatic rings. The summed E-state index contributed by atoms with van der Waals surface area (Å²) in [6.45, 7) is 6.16. The molecule has 26 heavy (non-hydrogen) atoms. The maximum absolute atomic E-state index is 12.6. The van der Waals surface area contributed by atoms with Crippen molar-refractivity contribution in [1.82, 2.24) is 10.6 Å². The number of carbonyl (C=O) groups is 2. The molecular weight excluding hydrogens is 371 g/mol. The second-order valence-electron chi connectivity index (χ2n) is 6.52. The van der Waals surface area contributed by atoms with Crippen molar-refractivity contribution in [2.24, 2.45) is 5.92 Å². The largest absolute Gasteiger partial charge is 0.350 e. The maximum Gasteiger partial charge on any atom is 0.253 e. The molecule has 0 heterocycles. The molecule has 138 valence electrons. The third-order valence-electron chi connectivity index (χ3n) is 4.00. The lowest BCUT2D eigenvalue weighted by Crippen LogP contribution is -2.49. The van der Waals surface area contributed by atoms with Gasteiger partial charge in [-0.2, -0.15) is 0 Å². The Morgan fingerprint density at radius 2 is 1.69 bits per heavy atom. The average molecular weight is 393 g/mol. The summed E-state index contributed by atoms with van der Waals surface area (Å²) in [5.74, 6) is -0.724. The summed E-state index contributed by atoms with van der Waals surface area (Å²) in [6, 6.07) is 11.9. The summed E-state index contributed by atoms with van der Waals surface area (Å²) < 4.78 is 0. The fourth-order valence-electron chi connectivity index (χ4n) is 2.43. The standard InChI is InChI=1S/C20H22Cl2N2O2/c1-12(2)18(20(26)23-11-14-6-4-13(3)5-7-14)24-19(25)16-9-8-15(21)10-17(16)22/h4-10,12,18H,11H2,1-3H3,(H,23,26)(H,24,25)/t18-/m0/s1. The highest BCUT2D eigenvalue weighted by Gasteiger charge is 2.25. The van der Waals surface area contributed by atoms with E-state index in [0.29, 0.717) is 11.6 Å². The van der Waals surface area contributed by atoms with Gasteiger partial charge in [0.05, 0.1) is 10.6 Å². The van der Waals surface area contributed by atoms with Crippen molar-refractivity contribution in [2.75, 3.05) is 0 Å². The number of amides is 2. The lowest BCUT2D eigenvalue weighted by atomic mass is 10.0. The molecule has 0 bridgehead atoms. The smallest absolute Gasteiger partial charge is 0.253 e. The zero-order chi connectivity index (χ0) is 19.3. The Bertz CT molecular complexity index is 789. The van der Waals surface area contributed by atoms with Crippen LogP contribution in [0.15, 0.2) is 42.5 Å². The number of rotatable bonds is 6.